The van der Waals surface area contributed by atoms with E-state index in [-0.39, 0.29) is 11.8 Å². The van der Waals surface area contributed by atoms with Gasteiger partial charge in [0.25, 0.3) is 0 Å². The summed E-state index contributed by atoms with van der Waals surface area (Å²) < 4.78 is 5.41. The molecule has 0 aromatic carbocycles. The largest absolute Gasteiger partial charge is 0.379 e. The van der Waals surface area contributed by atoms with Gasteiger partial charge < -0.3 is 10.1 Å². The molecule has 1 saturated carbocycles. The van der Waals surface area contributed by atoms with E-state index in [1.807, 2.05) is 0 Å². The first-order valence-electron chi connectivity index (χ1n) is 7.67. The van der Waals surface area contributed by atoms with Crippen molar-refractivity contribution < 1.29 is 9.53 Å². The van der Waals surface area contributed by atoms with E-state index in [0.29, 0.717) is 17.9 Å². The predicted octanol–water partition coefficient (Wildman–Crippen LogP) is 1.51. The molecule has 110 valence electrons. The summed E-state index contributed by atoms with van der Waals surface area (Å²) in [6.45, 7) is 11.1. The molecule has 2 fully saturated rings. The first-order chi connectivity index (χ1) is 9.08. The molecule has 19 heavy (non-hydrogen) atoms. The number of nitrogens with one attached hydrogen (secondary N) is 1. The third kappa shape index (κ3) is 4.46. The van der Waals surface area contributed by atoms with Crippen molar-refractivity contribution in [2.24, 2.45) is 17.8 Å². The highest BCUT2D eigenvalue weighted by Crippen LogP contribution is 2.37. The van der Waals surface area contributed by atoms with Crippen LogP contribution in [-0.4, -0.2) is 49.7 Å². The highest BCUT2D eigenvalue weighted by atomic mass is 16.5. The lowest BCUT2D eigenvalue weighted by molar-refractivity contribution is -0.123. The molecular formula is C15H28N2O2. The van der Waals surface area contributed by atoms with E-state index in [9.17, 15) is 4.79 Å². The molecule has 4 heteroatoms. The summed E-state index contributed by atoms with van der Waals surface area (Å²) >= 11 is 0. The summed E-state index contributed by atoms with van der Waals surface area (Å²) in [7, 11) is 0. The van der Waals surface area contributed by atoms with Gasteiger partial charge in [0.1, 0.15) is 0 Å². The second kappa shape index (κ2) is 6.71. The molecule has 2 aliphatic rings. The maximum Gasteiger partial charge on any atom is 0.223 e. The van der Waals surface area contributed by atoms with Gasteiger partial charge in [-0.1, -0.05) is 20.8 Å². The molecule has 0 aromatic heterocycles. The lowest BCUT2D eigenvalue weighted by Gasteiger charge is -2.35. The van der Waals surface area contributed by atoms with Gasteiger partial charge in [-0.05, 0) is 24.7 Å². The Morgan fingerprint density at radius 1 is 1.37 bits per heavy atom. The third-order valence-corrected chi connectivity index (χ3v) is 4.26. The van der Waals surface area contributed by atoms with Crippen LogP contribution in [0.25, 0.3) is 0 Å². The number of hydrogen-bond acceptors (Lipinski definition) is 3. The summed E-state index contributed by atoms with van der Waals surface area (Å²) in [6.07, 6.45) is 2.21. The van der Waals surface area contributed by atoms with Crippen molar-refractivity contribution in [3.63, 3.8) is 0 Å². The van der Waals surface area contributed by atoms with Crippen LogP contribution >= 0.6 is 0 Å². The van der Waals surface area contributed by atoms with Gasteiger partial charge in [0.2, 0.25) is 5.91 Å². The van der Waals surface area contributed by atoms with Crippen molar-refractivity contribution in [2.45, 2.75) is 39.7 Å². The number of carbonyl (C=O) groups is 1. The Labute approximate surface area is 116 Å². The molecule has 0 spiro atoms. The van der Waals surface area contributed by atoms with Gasteiger partial charge in [-0.25, -0.2) is 0 Å². The highest BCUT2D eigenvalue weighted by molar-refractivity contribution is 5.81. The number of morpholine rings is 1. The Morgan fingerprint density at radius 3 is 2.53 bits per heavy atom. The van der Waals surface area contributed by atoms with Gasteiger partial charge in [-0.15, -0.1) is 0 Å². The van der Waals surface area contributed by atoms with Crippen LogP contribution in [0.3, 0.4) is 0 Å². The molecule has 1 amide bonds. The van der Waals surface area contributed by atoms with Gasteiger partial charge >= 0.3 is 0 Å². The zero-order valence-electron chi connectivity index (χ0n) is 12.5. The molecule has 4 nitrogen and oxygen atoms in total. The first kappa shape index (κ1) is 14.8. The van der Waals surface area contributed by atoms with Crippen LogP contribution in [0.2, 0.25) is 0 Å². The Balaban J connectivity index is 1.80. The number of amides is 1. The van der Waals surface area contributed by atoms with E-state index in [0.717, 1.165) is 45.7 Å². The number of hydrogen-bond donors (Lipinski definition) is 1. The Bertz CT molecular complexity index is 301. The van der Waals surface area contributed by atoms with Gasteiger partial charge in [0, 0.05) is 31.6 Å². The van der Waals surface area contributed by atoms with Gasteiger partial charge in [0.05, 0.1) is 13.2 Å². The van der Waals surface area contributed by atoms with E-state index < -0.39 is 0 Å². The molecule has 1 N–H and O–H groups in total. The van der Waals surface area contributed by atoms with Crippen molar-refractivity contribution in [2.75, 3.05) is 32.8 Å². The monoisotopic (exact) mass is 268 g/mol. The summed E-state index contributed by atoms with van der Waals surface area (Å²) in [5.41, 5.74) is 0. The Hall–Kier alpha value is -0.610. The average molecular weight is 268 g/mol. The fourth-order valence-corrected chi connectivity index (χ4v) is 2.89. The van der Waals surface area contributed by atoms with E-state index >= 15 is 0 Å². The molecular weight excluding hydrogens is 240 g/mol. The third-order valence-electron chi connectivity index (χ3n) is 4.26. The van der Waals surface area contributed by atoms with Gasteiger partial charge in [0.15, 0.2) is 0 Å². The predicted molar refractivity (Wildman–Crippen MR) is 75.9 cm³/mol. The van der Waals surface area contributed by atoms with Crippen molar-refractivity contribution >= 4 is 5.91 Å². The summed E-state index contributed by atoms with van der Waals surface area (Å²) in [5.74, 6) is 1.79. The van der Waals surface area contributed by atoms with Crippen molar-refractivity contribution in [3.05, 3.63) is 0 Å². The van der Waals surface area contributed by atoms with E-state index in [4.69, 9.17) is 4.74 Å². The zero-order chi connectivity index (χ0) is 13.8. The van der Waals surface area contributed by atoms with Crippen LogP contribution < -0.4 is 5.32 Å². The zero-order valence-corrected chi connectivity index (χ0v) is 12.5. The van der Waals surface area contributed by atoms with Crippen LogP contribution in [0, 0.1) is 17.8 Å². The van der Waals surface area contributed by atoms with Crippen molar-refractivity contribution in [1.82, 2.24) is 10.2 Å². The van der Waals surface area contributed by atoms with Crippen LogP contribution in [0.1, 0.15) is 33.6 Å². The maximum atomic E-state index is 11.9. The fourth-order valence-electron chi connectivity index (χ4n) is 2.89. The first-order valence-corrected chi connectivity index (χ1v) is 7.67. The molecule has 2 rings (SSSR count). The minimum Gasteiger partial charge on any atom is -0.379 e. The summed E-state index contributed by atoms with van der Waals surface area (Å²) in [4.78, 5) is 14.4. The molecule has 3 atom stereocenters. The molecule has 1 saturated heterocycles. The van der Waals surface area contributed by atoms with E-state index in [1.54, 1.807) is 0 Å². The molecule has 1 aliphatic heterocycles. The molecule has 0 radical (unpaired) electrons. The average Bonchev–Trinajstić information content (AvgIpc) is 3.12. The van der Waals surface area contributed by atoms with E-state index in [1.165, 1.54) is 0 Å². The van der Waals surface area contributed by atoms with Gasteiger partial charge in [-0.3, -0.25) is 9.69 Å². The lowest BCUT2D eigenvalue weighted by Crippen LogP contribution is -2.49. The smallest absolute Gasteiger partial charge is 0.223 e. The van der Waals surface area contributed by atoms with Crippen LogP contribution in [0.15, 0.2) is 0 Å². The van der Waals surface area contributed by atoms with Crippen molar-refractivity contribution in [1.29, 1.82) is 0 Å². The van der Waals surface area contributed by atoms with Crippen LogP contribution in [0.4, 0.5) is 0 Å². The molecule has 1 aliphatic carbocycles. The Kier molecular flexibility index (Phi) is 5.22. The molecule has 3 unspecified atom stereocenters. The molecule has 0 aromatic rings. The standard InChI is InChI=1S/C15H28N2O2/c1-11(2)8-13(17-4-6-19-7-5-17)10-16-15(18)14-9-12(14)3/h11-14H,4-10H2,1-3H3,(H,16,18). The van der Waals surface area contributed by atoms with Crippen LogP contribution in [0.5, 0.6) is 0 Å². The SMILES string of the molecule is CC(C)CC(CNC(=O)C1CC1C)N1CCOCC1. The molecule has 1 heterocycles. The number of rotatable bonds is 6. The second-order valence-corrected chi connectivity index (χ2v) is 6.50. The quantitative estimate of drug-likeness (QED) is 0.794. The fraction of sp³-hybridized carbons (Fsp3) is 0.933. The maximum absolute atomic E-state index is 11.9. The second-order valence-electron chi connectivity index (χ2n) is 6.50. The normalized spacial score (nSPS) is 29.3. The van der Waals surface area contributed by atoms with E-state index in [2.05, 4.69) is 31.0 Å². The topological polar surface area (TPSA) is 41.6 Å². The van der Waals surface area contributed by atoms with Gasteiger partial charge in [-0.2, -0.15) is 0 Å². The van der Waals surface area contributed by atoms with Crippen molar-refractivity contribution in [3.8, 4) is 0 Å². The minimum atomic E-state index is 0.259. The summed E-state index contributed by atoms with van der Waals surface area (Å²) in [5, 5.41) is 3.16. The van der Waals surface area contributed by atoms with Crippen LogP contribution in [-0.2, 0) is 9.53 Å². The minimum absolute atomic E-state index is 0.259. The molecule has 0 bridgehead atoms. The lowest BCUT2D eigenvalue weighted by atomic mass is 10.0. The number of ether oxygens (including phenoxy) is 1. The number of nitrogens with zero attached hydrogens (tertiary/aromatic N) is 1. The Morgan fingerprint density at radius 2 is 2.00 bits per heavy atom. The highest BCUT2D eigenvalue weighted by Gasteiger charge is 2.39. The summed E-state index contributed by atoms with van der Waals surface area (Å²) in [6, 6.07) is 0.460. The number of carbonyl (C=O) groups excluding carboxylic acids is 1.